The summed E-state index contributed by atoms with van der Waals surface area (Å²) < 4.78 is 44.0. The molecule has 0 N–H and O–H groups in total. The summed E-state index contributed by atoms with van der Waals surface area (Å²) in [4.78, 5) is 49.3. The Morgan fingerprint density at radius 1 is 0.324 bits per heavy atom. The second kappa shape index (κ2) is 36.8. The van der Waals surface area contributed by atoms with Gasteiger partial charge in [-0.05, 0) is 49.9 Å². The van der Waals surface area contributed by atoms with Crippen LogP contribution in [0.2, 0.25) is 0 Å². The highest BCUT2D eigenvalue weighted by Crippen LogP contribution is 2.15. The van der Waals surface area contributed by atoms with Gasteiger partial charge in [0.25, 0.3) is 0 Å². The average molecular weight is 1010 g/mol. The van der Waals surface area contributed by atoms with Gasteiger partial charge in [-0.25, -0.2) is 0 Å². The van der Waals surface area contributed by atoms with Gasteiger partial charge in [0.2, 0.25) is 0 Å². The van der Waals surface area contributed by atoms with Gasteiger partial charge in [-0.15, -0.1) is 0 Å². The Morgan fingerprint density at radius 3 is 0.730 bits per heavy atom. The number of hydrogen-bond acceptors (Lipinski definition) is 20. The van der Waals surface area contributed by atoms with E-state index >= 15 is 0 Å². The van der Waals surface area contributed by atoms with Crippen LogP contribution in [0.15, 0.2) is 24.3 Å². The number of benzene rings is 2. The first-order valence-electron chi connectivity index (χ1n) is 24.2. The van der Waals surface area contributed by atoms with Crippen molar-refractivity contribution in [3.05, 3.63) is 45.1 Å². The van der Waals surface area contributed by atoms with E-state index in [-0.39, 0.29) is 158 Å². The fraction of sp³-hybridized carbons (Fsp3) is 0.481. The number of ether oxygens (including phenoxy) is 8. The summed E-state index contributed by atoms with van der Waals surface area (Å²) in [6.45, 7) is 2.51. The lowest BCUT2D eigenvalue weighted by atomic mass is 10.1. The van der Waals surface area contributed by atoms with Crippen LogP contribution >= 0.6 is 0 Å². The largest absolute Gasteiger partial charge is 0.489 e. The van der Waals surface area contributed by atoms with Crippen LogP contribution in [0, 0.1) is 90.6 Å². The van der Waals surface area contributed by atoms with E-state index in [1.54, 1.807) is 48.6 Å². The molecule has 0 aliphatic rings. The van der Waals surface area contributed by atoms with Gasteiger partial charge in [-0.1, -0.05) is 65.2 Å². The van der Waals surface area contributed by atoms with Crippen LogP contribution in [0.1, 0.15) is 117 Å². The number of hydrogen-bond donors (Lipinski definition) is 0. The van der Waals surface area contributed by atoms with Crippen molar-refractivity contribution in [3.63, 3.8) is 0 Å². The summed E-state index contributed by atoms with van der Waals surface area (Å²) >= 11 is 0. The summed E-state index contributed by atoms with van der Waals surface area (Å²) in [5.74, 6) is -2.29. The monoisotopic (exact) mass is 1010 g/mol. The molecule has 0 heterocycles. The van der Waals surface area contributed by atoms with E-state index in [0.29, 0.717) is 12.8 Å². The van der Waals surface area contributed by atoms with E-state index in [1.165, 1.54) is 24.3 Å². The number of rotatable bonds is 33. The lowest BCUT2D eigenvalue weighted by Crippen LogP contribution is -2.23. The maximum absolute atomic E-state index is 12.5. The normalized spacial score (nSPS) is 9.81. The predicted octanol–water partition coefficient (Wildman–Crippen LogP) is 5.15. The van der Waals surface area contributed by atoms with Crippen molar-refractivity contribution in [1.82, 2.24) is 0 Å². The minimum Gasteiger partial charge on any atom is -0.489 e. The molecule has 0 atom stereocenters. The molecular weight excluding hydrogens is 953 g/mol. The van der Waals surface area contributed by atoms with E-state index in [9.17, 15) is 61.3 Å². The number of nitriles is 8. The molecule has 0 spiro atoms. The predicted molar refractivity (Wildman–Crippen MR) is 261 cm³/mol. The highest BCUT2D eigenvalue weighted by Gasteiger charge is 2.16. The molecule has 0 fully saturated rings. The lowest BCUT2D eigenvalue weighted by Gasteiger charge is -2.12. The van der Waals surface area contributed by atoms with E-state index in [0.717, 1.165) is 51.4 Å². The van der Waals surface area contributed by atoms with Crippen molar-refractivity contribution >= 4 is 46.2 Å². The molecule has 2 rings (SSSR count). The fourth-order valence-electron chi connectivity index (χ4n) is 6.76. The van der Waals surface area contributed by atoms with E-state index < -0.39 is 23.9 Å². The van der Waals surface area contributed by atoms with Crippen LogP contribution in [0.4, 0.5) is 0 Å². The van der Waals surface area contributed by atoms with Gasteiger partial charge in [-0.2, -0.15) is 42.1 Å². The summed E-state index contributed by atoms with van der Waals surface area (Å²) in [5.41, 5.74) is -1.50. The van der Waals surface area contributed by atoms with Gasteiger partial charge in [0.05, 0.1) is 0 Å². The van der Waals surface area contributed by atoms with E-state index in [4.69, 9.17) is 37.9 Å². The molecule has 0 aliphatic carbocycles. The van der Waals surface area contributed by atoms with Gasteiger partial charge < -0.3 is 37.9 Å². The smallest absolute Gasteiger partial charge is 0.305 e. The Kier molecular flexibility index (Phi) is 30.4. The Bertz CT molecular complexity index is 2620. The molecule has 74 heavy (non-hydrogen) atoms. The Morgan fingerprint density at radius 2 is 0.527 bits per heavy atom. The number of carbonyl (C=O) groups is 4. The number of unbranched alkanes of at least 4 members (excludes halogenated alkanes) is 9. The molecule has 0 amide bonds. The minimum absolute atomic E-state index is 0.0141. The molecule has 20 nitrogen and oxygen atoms in total. The fourth-order valence-corrected chi connectivity index (χ4v) is 6.76. The molecule has 20 heteroatoms. The van der Waals surface area contributed by atoms with Gasteiger partial charge in [-0.3, -0.25) is 19.2 Å². The molecule has 2 aromatic carbocycles. The van der Waals surface area contributed by atoms with Crippen molar-refractivity contribution < 1.29 is 57.1 Å². The topological polar surface area (TPSA) is 332 Å². The van der Waals surface area contributed by atoms with Crippen LogP contribution < -0.4 is 39.8 Å². The third kappa shape index (κ3) is 22.3. The standard InChI is InChI=1S/C54H58N8O12/c1-3-5-7-9-11-15-51(63)71-23-19-67-47-27-45(41(35-59)36-60)49(29-43(47)39(31-55)32-56)69-21-25-73-53(65)17-13-14-18-54(66)74-26-22-70-50-30-44(40(33-57)34-58)48(28-46(50)42(37-61)38-62)68-20-24-72-52(64)16-12-10-8-6-4-2/h27-30H,3-26H2,1-2H3. The lowest BCUT2D eigenvalue weighted by molar-refractivity contribution is -0.146. The molecule has 0 saturated heterocycles. The van der Waals surface area contributed by atoms with Crippen molar-refractivity contribution in [3.8, 4) is 71.6 Å². The maximum atomic E-state index is 12.5. The molecule has 0 saturated carbocycles. The van der Waals surface area contributed by atoms with Crippen LogP contribution in [-0.4, -0.2) is 76.7 Å². The molecule has 0 aromatic heterocycles. The minimum atomic E-state index is -0.624. The van der Waals surface area contributed by atoms with Gasteiger partial charge in [0, 0.05) is 46.6 Å². The summed E-state index contributed by atoms with van der Waals surface area (Å²) in [7, 11) is 0. The third-order valence-corrected chi connectivity index (χ3v) is 10.5. The zero-order valence-electron chi connectivity index (χ0n) is 41.8. The van der Waals surface area contributed by atoms with Crippen molar-refractivity contribution in [2.45, 2.75) is 117 Å². The van der Waals surface area contributed by atoms with Crippen LogP contribution in [0.3, 0.4) is 0 Å². The number of esters is 4. The second-order valence-electron chi connectivity index (χ2n) is 15.9. The Balaban J connectivity index is 1.96. The van der Waals surface area contributed by atoms with Crippen LogP contribution in [0.25, 0.3) is 22.3 Å². The molecule has 386 valence electrons. The molecule has 0 radical (unpaired) electrons. The SMILES string of the molecule is CCCCCCCC(=O)OCCOc1cc(=C(C#N)C#N)c(OCCOC(=O)CCCCC(=O)OCCOc2cc(=C(C#N)C#N)c(OCCOC(=O)CCCCCCC)cc2=C(C#N)C#N)cc1=C(C#N)C#N. The highest BCUT2D eigenvalue weighted by molar-refractivity contribution is 5.79. The summed E-state index contributed by atoms with van der Waals surface area (Å²) in [5, 5.41) is 77.2. The molecular formula is C54H58N8O12. The Labute approximate surface area is 430 Å². The zero-order valence-corrected chi connectivity index (χ0v) is 41.8. The second-order valence-corrected chi connectivity index (χ2v) is 15.9. The van der Waals surface area contributed by atoms with Gasteiger partial charge in [0.1, 0.15) is 147 Å². The average Bonchev–Trinajstić information content (AvgIpc) is 3.40. The molecule has 2 aromatic rings. The molecule has 0 aliphatic heterocycles. The highest BCUT2D eigenvalue weighted by atomic mass is 16.6. The van der Waals surface area contributed by atoms with E-state index in [2.05, 4.69) is 13.8 Å². The first-order valence-corrected chi connectivity index (χ1v) is 24.2. The van der Waals surface area contributed by atoms with Crippen molar-refractivity contribution in [2.24, 2.45) is 0 Å². The quantitative estimate of drug-likeness (QED) is 0.0507. The Hall–Kier alpha value is -9.08. The van der Waals surface area contributed by atoms with E-state index in [1.807, 2.05) is 0 Å². The van der Waals surface area contributed by atoms with Crippen LogP contribution in [-0.2, 0) is 38.1 Å². The van der Waals surface area contributed by atoms with Gasteiger partial charge in [0.15, 0.2) is 0 Å². The van der Waals surface area contributed by atoms with Crippen LogP contribution in [0.5, 0.6) is 23.0 Å². The van der Waals surface area contributed by atoms with Crippen molar-refractivity contribution in [2.75, 3.05) is 52.9 Å². The van der Waals surface area contributed by atoms with Gasteiger partial charge >= 0.3 is 23.9 Å². The number of carbonyl (C=O) groups excluding carboxylic acids is 4. The molecule has 0 bridgehead atoms. The first kappa shape index (κ1) is 61.0. The maximum Gasteiger partial charge on any atom is 0.305 e. The first-order chi connectivity index (χ1) is 36.0. The summed E-state index contributed by atoms with van der Waals surface area (Å²) in [6, 6.07) is 19.1. The van der Waals surface area contributed by atoms with Crippen molar-refractivity contribution in [1.29, 1.82) is 42.1 Å². The third-order valence-electron chi connectivity index (χ3n) is 10.5. The zero-order chi connectivity index (χ0) is 54.4. The summed E-state index contributed by atoms with van der Waals surface area (Å²) in [6.07, 6.45) is 10.4. The number of nitrogens with zero attached hydrogens (tertiary/aromatic N) is 8. The molecule has 0 unspecified atom stereocenters.